The summed E-state index contributed by atoms with van der Waals surface area (Å²) in [4.78, 5) is 9.32. The summed E-state index contributed by atoms with van der Waals surface area (Å²) in [5.41, 5.74) is 1.32. The first-order valence-electron chi connectivity index (χ1n) is 7.73. The Hall–Kier alpha value is -1.65. The van der Waals surface area contributed by atoms with Gasteiger partial charge < -0.3 is 4.42 Å². The summed E-state index contributed by atoms with van der Waals surface area (Å²) in [6.07, 6.45) is 5.59. The molecule has 110 valence electrons. The molecule has 0 aliphatic carbocycles. The van der Waals surface area contributed by atoms with Gasteiger partial charge in [-0.05, 0) is 35.6 Å². The van der Waals surface area contributed by atoms with Crippen LogP contribution in [0.25, 0.3) is 0 Å². The average molecular weight is 283 g/mol. The van der Waals surface area contributed by atoms with Crippen LogP contribution in [0.15, 0.2) is 47.3 Å². The second kappa shape index (κ2) is 5.62. The summed E-state index contributed by atoms with van der Waals surface area (Å²) >= 11 is 0. The van der Waals surface area contributed by atoms with Gasteiger partial charge in [0.1, 0.15) is 5.76 Å². The Labute approximate surface area is 125 Å². The molecule has 2 aliphatic heterocycles. The van der Waals surface area contributed by atoms with Crippen molar-refractivity contribution in [3.63, 3.8) is 0 Å². The Balaban J connectivity index is 1.31. The molecule has 2 aromatic rings. The Morgan fingerprint density at radius 3 is 2.38 bits per heavy atom. The zero-order valence-electron chi connectivity index (χ0n) is 12.2. The van der Waals surface area contributed by atoms with Crippen LogP contribution in [0.1, 0.15) is 11.3 Å². The molecule has 4 heteroatoms. The molecule has 2 aromatic heterocycles. The molecule has 0 amide bonds. The van der Waals surface area contributed by atoms with Crippen molar-refractivity contribution in [2.24, 2.45) is 11.8 Å². The van der Waals surface area contributed by atoms with Crippen molar-refractivity contribution in [2.45, 2.75) is 13.1 Å². The first-order chi connectivity index (χ1) is 10.4. The Morgan fingerprint density at radius 1 is 1.00 bits per heavy atom. The number of hydrogen-bond donors (Lipinski definition) is 0. The molecule has 2 saturated heterocycles. The molecule has 0 aromatic carbocycles. The summed E-state index contributed by atoms with van der Waals surface area (Å²) in [5, 5.41) is 0. The van der Waals surface area contributed by atoms with Crippen molar-refractivity contribution in [3.8, 4) is 0 Å². The molecule has 0 unspecified atom stereocenters. The van der Waals surface area contributed by atoms with Crippen LogP contribution < -0.4 is 0 Å². The van der Waals surface area contributed by atoms with Gasteiger partial charge in [-0.1, -0.05) is 6.07 Å². The zero-order valence-corrected chi connectivity index (χ0v) is 12.2. The van der Waals surface area contributed by atoms with E-state index >= 15 is 0 Å². The molecule has 2 atom stereocenters. The van der Waals surface area contributed by atoms with Gasteiger partial charge in [0.05, 0.1) is 12.8 Å². The maximum atomic E-state index is 5.46. The van der Waals surface area contributed by atoms with Gasteiger partial charge in [0, 0.05) is 45.1 Å². The summed E-state index contributed by atoms with van der Waals surface area (Å²) in [5.74, 6) is 2.72. The number of likely N-dealkylation sites (tertiary alicyclic amines) is 2. The minimum absolute atomic E-state index is 0.816. The highest BCUT2D eigenvalue weighted by Gasteiger charge is 2.39. The molecule has 0 saturated carbocycles. The van der Waals surface area contributed by atoms with Gasteiger partial charge in [0.2, 0.25) is 0 Å². The number of fused-ring (bicyclic) bond motifs is 1. The fourth-order valence-electron chi connectivity index (χ4n) is 3.82. The largest absolute Gasteiger partial charge is 0.468 e. The third-order valence-electron chi connectivity index (χ3n) is 4.73. The molecular formula is C17H21N3O. The van der Waals surface area contributed by atoms with Gasteiger partial charge in [-0.15, -0.1) is 0 Å². The number of pyridine rings is 1. The van der Waals surface area contributed by atoms with E-state index in [1.807, 2.05) is 24.5 Å². The topological polar surface area (TPSA) is 32.5 Å². The van der Waals surface area contributed by atoms with Crippen molar-refractivity contribution < 1.29 is 4.42 Å². The van der Waals surface area contributed by atoms with Gasteiger partial charge in [0.25, 0.3) is 0 Å². The van der Waals surface area contributed by atoms with Crippen LogP contribution in [0.4, 0.5) is 0 Å². The highest BCUT2D eigenvalue weighted by molar-refractivity contribution is 5.09. The first kappa shape index (κ1) is 13.0. The normalized spacial score (nSPS) is 26.3. The van der Waals surface area contributed by atoms with Crippen molar-refractivity contribution in [1.82, 2.24) is 14.8 Å². The van der Waals surface area contributed by atoms with E-state index in [0.29, 0.717) is 0 Å². The van der Waals surface area contributed by atoms with Crippen molar-refractivity contribution in [2.75, 3.05) is 26.2 Å². The minimum atomic E-state index is 0.816. The molecule has 4 heterocycles. The SMILES string of the molecule is c1cncc(CN2C[C@@H]3CN(Cc4ccco4)C[C@H]3C2)c1. The predicted octanol–water partition coefficient (Wildman–Crippen LogP) is 2.24. The van der Waals surface area contributed by atoms with E-state index in [2.05, 4.69) is 26.9 Å². The van der Waals surface area contributed by atoms with E-state index in [0.717, 1.165) is 30.7 Å². The molecule has 4 rings (SSSR count). The van der Waals surface area contributed by atoms with Crippen molar-refractivity contribution >= 4 is 0 Å². The lowest BCUT2D eigenvalue weighted by molar-refractivity contribution is 0.234. The highest BCUT2D eigenvalue weighted by atomic mass is 16.3. The second-order valence-corrected chi connectivity index (χ2v) is 6.35. The highest BCUT2D eigenvalue weighted by Crippen LogP contribution is 2.32. The van der Waals surface area contributed by atoms with E-state index in [1.54, 1.807) is 6.26 Å². The van der Waals surface area contributed by atoms with Gasteiger partial charge in [-0.3, -0.25) is 14.8 Å². The van der Waals surface area contributed by atoms with Crippen LogP contribution in [-0.4, -0.2) is 41.0 Å². The third-order valence-corrected chi connectivity index (χ3v) is 4.73. The van der Waals surface area contributed by atoms with Gasteiger partial charge >= 0.3 is 0 Å². The molecule has 0 bridgehead atoms. The Morgan fingerprint density at radius 2 is 1.76 bits per heavy atom. The summed E-state index contributed by atoms with van der Waals surface area (Å²) < 4.78 is 5.46. The van der Waals surface area contributed by atoms with Crippen LogP contribution in [-0.2, 0) is 13.1 Å². The average Bonchev–Trinajstić information content (AvgIpc) is 3.17. The fraction of sp³-hybridized carbons (Fsp3) is 0.471. The lowest BCUT2D eigenvalue weighted by atomic mass is 10.0. The van der Waals surface area contributed by atoms with Gasteiger partial charge in [-0.2, -0.15) is 0 Å². The lowest BCUT2D eigenvalue weighted by Crippen LogP contribution is -2.28. The van der Waals surface area contributed by atoms with Gasteiger partial charge in [0.15, 0.2) is 0 Å². The summed E-state index contributed by atoms with van der Waals surface area (Å²) in [6.45, 7) is 6.84. The van der Waals surface area contributed by atoms with Crippen LogP contribution in [0.3, 0.4) is 0 Å². The van der Waals surface area contributed by atoms with Crippen LogP contribution in [0.2, 0.25) is 0 Å². The van der Waals surface area contributed by atoms with Gasteiger partial charge in [-0.25, -0.2) is 0 Å². The molecule has 0 N–H and O–H groups in total. The molecule has 0 radical (unpaired) electrons. The van der Waals surface area contributed by atoms with E-state index in [1.165, 1.54) is 31.7 Å². The summed E-state index contributed by atoms with van der Waals surface area (Å²) in [7, 11) is 0. The molecule has 4 nitrogen and oxygen atoms in total. The number of aromatic nitrogens is 1. The maximum absolute atomic E-state index is 5.46. The molecular weight excluding hydrogens is 262 g/mol. The standard InChI is InChI=1S/C17H21N3O/c1-3-14(7-18-5-1)8-19-9-15-11-20(12-16(15)10-19)13-17-4-2-6-21-17/h1-7,15-16H,8-13H2/t15-,16-/m1/s1. The van der Waals surface area contributed by atoms with Crippen molar-refractivity contribution in [1.29, 1.82) is 0 Å². The third kappa shape index (κ3) is 2.87. The van der Waals surface area contributed by atoms with Crippen LogP contribution in [0.5, 0.6) is 0 Å². The quantitative estimate of drug-likeness (QED) is 0.861. The fourth-order valence-corrected chi connectivity index (χ4v) is 3.82. The molecule has 0 spiro atoms. The zero-order chi connectivity index (χ0) is 14.1. The number of rotatable bonds is 4. The van der Waals surface area contributed by atoms with Crippen LogP contribution in [0, 0.1) is 11.8 Å². The van der Waals surface area contributed by atoms with E-state index in [4.69, 9.17) is 4.42 Å². The number of nitrogens with zero attached hydrogens (tertiary/aromatic N) is 3. The molecule has 21 heavy (non-hydrogen) atoms. The number of hydrogen-bond acceptors (Lipinski definition) is 4. The lowest BCUT2D eigenvalue weighted by Gasteiger charge is -2.20. The smallest absolute Gasteiger partial charge is 0.117 e. The predicted molar refractivity (Wildman–Crippen MR) is 80.5 cm³/mol. The minimum Gasteiger partial charge on any atom is -0.468 e. The van der Waals surface area contributed by atoms with E-state index < -0.39 is 0 Å². The van der Waals surface area contributed by atoms with E-state index in [-0.39, 0.29) is 0 Å². The summed E-state index contributed by atoms with van der Waals surface area (Å²) in [6, 6.07) is 8.24. The second-order valence-electron chi connectivity index (χ2n) is 6.35. The van der Waals surface area contributed by atoms with Crippen molar-refractivity contribution in [3.05, 3.63) is 54.2 Å². The van der Waals surface area contributed by atoms with E-state index in [9.17, 15) is 0 Å². The maximum Gasteiger partial charge on any atom is 0.117 e. The Bertz CT molecular complexity index is 555. The molecule has 2 aliphatic rings. The monoisotopic (exact) mass is 283 g/mol. The Kier molecular flexibility index (Phi) is 3.49. The van der Waals surface area contributed by atoms with Crippen LogP contribution >= 0.6 is 0 Å². The molecule has 2 fully saturated rings. The first-order valence-corrected chi connectivity index (χ1v) is 7.73. The number of furan rings is 1.